The molecule has 1 unspecified atom stereocenters. The Labute approximate surface area is 106 Å². The number of amides is 1. The topological polar surface area (TPSA) is 76.7 Å². The summed E-state index contributed by atoms with van der Waals surface area (Å²) in [4.78, 5) is 11.9. The van der Waals surface area contributed by atoms with Gasteiger partial charge in [0.25, 0.3) is 0 Å². The molecule has 1 aromatic rings. The van der Waals surface area contributed by atoms with Gasteiger partial charge in [-0.3, -0.25) is 4.79 Å². The number of carbonyl (C=O) groups is 1. The largest absolute Gasteiger partial charge is 0.326 e. The first kappa shape index (κ1) is 12.1. The van der Waals surface area contributed by atoms with Crippen molar-refractivity contribution in [2.24, 2.45) is 11.3 Å². The van der Waals surface area contributed by atoms with Crippen molar-refractivity contribution in [3.63, 3.8) is 0 Å². The van der Waals surface area contributed by atoms with Crippen molar-refractivity contribution in [1.29, 1.82) is 10.5 Å². The van der Waals surface area contributed by atoms with Crippen molar-refractivity contribution in [2.45, 2.75) is 20.3 Å². The number of rotatable bonds is 2. The van der Waals surface area contributed by atoms with Gasteiger partial charge < -0.3 is 5.32 Å². The van der Waals surface area contributed by atoms with E-state index in [1.807, 2.05) is 12.1 Å². The van der Waals surface area contributed by atoms with Crippen molar-refractivity contribution in [3.05, 3.63) is 29.3 Å². The Kier molecular flexibility index (Phi) is 2.80. The molecule has 18 heavy (non-hydrogen) atoms. The summed E-state index contributed by atoms with van der Waals surface area (Å²) in [5.74, 6) is 0.0206. The minimum atomic E-state index is -0.0198. The lowest BCUT2D eigenvalue weighted by atomic mass is 10.1. The van der Waals surface area contributed by atoms with E-state index in [1.54, 1.807) is 12.1 Å². The summed E-state index contributed by atoms with van der Waals surface area (Å²) in [6.45, 7) is 4.10. The van der Waals surface area contributed by atoms with Crippen LogP contribution in [0.3, 0.4) is 0 Å². The van der Waals surface area contributed by atoms with E-state index in [4.69, 9.17) is 10.5 Å². The summed E-state index contributed by atoms with van der Waals surface area (Å²) in [5.41, 5.74) is 1.25. The van der Waals surface area contributed by atoms with Crippen molar-refractivity contribution in [1.82, 2.24) is 0 Å². The van der Waals surface area contributed by atoms with Crippen LogP contribution in [0.25, 0.3) is 0 Å². The molecular weight excluding hydrogens is 226 g/mol. The number of hydrogen-bond donors (Lipinski definition) is 1. The monoisotopic (exact) mass is 239 g/mol. The summed E-state index contributed by atoms with van der Waals surface area (Å²) < 4.78 is 0. The highest BCUT2D eigenvalue weighted by molar-refractivity contribution is 5.95. The SMILES string of the molecule is CC1(C)CC1C(=O)Nc1ccc(C#N)c(C#N)c1. The van der Waals surface area contributed by atoms with Crippen molar-refractivity contribution >= 4 is 11.6 Å². The van der Waals surface area contributed by atoms with Crippen LogP contribution in [0.4, 0.5) is 5.69 Å². The number of nitrogens with zero attached hydrogens (tertiary/aromatic N) is 2. The minimum absolute atomic E-state index is 0.0198. The number of nitrogens with one attached hydrogen (secondary N) is 1. The Balaban J connectivity index is 2.14. The quantitative estimate of drug-likeness (QED) is 0.860. The molecule has 0 radical (unpaired) electrons. The highest BCUT2D eigenvalue weighted by Gasteiger charge is 2.50. The molecule has 2 rings (SSSR count). The molecule has 1 aromatic carbocycles. The van der Waals surface area contributed by atoms with E-state index in [2.05, 4.69) is 19.2 Å². The van der Waals surface area contributed by atoms with E-state index in [1.165, 1.54) is 6.07 Å². The number of benzene rings is 1. The molecule has 1 amide bonds. The van der Waals surface area contributed by atoms with Crippen LogP contribution in [0, 0.1) is 34.0 Å². The fourth-order valence-electron chi connectivity index (χ4n) is 1.96. The first-order valence-corrected chi connectivity index (χ1v) is 5.73. The van der Waals surface area contributed by atoms with Gasteiger partial charge in [-0.25, -0.2) is 0 Å². The van der Waals surface area contributed by atoms with Gasteiger partial charge in [-0.1, -0.05) is 13.8 Å². The standard InChI is InChI=1S/C14H13N3O/c1-14(2)6-12(14)13(18)17-11-4-3-9(7-15)10(5-11)8-16/h3-5,12H,6H2,1-2H3,(H,17,18). The molecule has 4 heteroatoms. The lowest BCUT2D eigenvalue weighted by molar-refractivity contribution is -0.117. The first-order valence-electron chi connectivity index (χ1n) is 5.73. The molecule has 1 N–H and O–H groups in total. The highest BCUT2D eigenvalue weighted by Crippen LogP contribution is 2.51. The molecule has 1 fully saturated rings. The average molecular weight is 239 g/mol. The average Bonchev–Trinajstić information content (AvgIpc) is 2.98. The summed E-state index contributed by atoms with van der Waals surface area (Å²) in [7, 11) is 0. The summed E-state index contributed by atoms with van der Waals surface area (Å²) in [6.07, 6.45) is 0.889. The van der Waals surface area contributed by atoms with Gasteiger partial charge in [0.1, 0.15) is 12.1 Å². The Bertz CT molecular complexity index is 590. The molecule has 0 aromatic heterocycles. The second-order valence-corrected chi connectivity index (χ2v) is 5.22. The fourth-order valence-corrected chi connectivity index (χ4v) is 1.96. The molecule has 90 valence electrons. The summed E-state index contributed by atoms with van der Waals surface area (Å²) in [5, 5.41) is 20.5. The van der Waals surface area contributed by atoms with Gasteiger partial charge in [0.05, 0.1) is 11.1 Å². The highest BCUT2D eigenvalue weighted by atomic mass is 16.2. The Morgan fingerprint density at radius 1 is 1.33 bits per heavy atom. The van der Waals surface area contributed by atoms with Crippen LogP contribution in [-0.2, 0) is 4.79 Å². The second kappa shape index (κ2) is 4.16. The van der Waals surface area contributed by atoms with E-state index in [0.29, 0.717) is 11.3 Å². The molecule has 0 heterocycles. The van der Waals surface area contributed by atoms with Crippen LogP contribution in [0.5, 0.6) is 0 Å². The minimum Gasteiger partial charge on any atom is -0.326 e. The van der Waals surface area contributed by atoms with E-state index in [-0.39, 0.29) is 22.8 Å². The summed E-state index contributed by atoms with van der Waals surface area (Å²) in [6, 6.07) is 8.61. The molecule has 0 saturated heterocycles. The van der Waals surface area contributed by atoms with Crippen LogP contribution >= 0.6 is 0 Å². The lowest BCUT2D eigenvalue weighted by Crippen LogP contribution is -2.16. The zero-order chi connectivity index (χ0) is 13.3. The molecule has 0 spiro atoms. The van der Waals surface area contributed by atoms with Crippen LogP contribution in [0.15, 0.2) is 18.2 Å². The van der Waals surface area contributed by atoms with Crippen molar-refractivity contribution in [3.8, 4) is 12.1 Å². The number of hydrogen-bond acceptors (Lipinski definition) is 3. The molecule has 1 aliphatic carbocycles. The Hall–Kier alpha value is -2.33. The van der Waals surface area contributed by atoms with Gasteiger partial charge in [-0.15, -0.1) is 0 Å². The maximum atomic E-state index is 11.9. The van der Waals surface area contributed by atoms with E-state index >= 15 is 0 Å². The predicted molar refractivity (Wildman–Crippen MR) is 66.4 cm³/mol. The third-order valence-electron chi connectivity index (χ3n) is 3.36. The van der Waals surface area contributed by atoms with Gasteiger partial charge in [-0.2, -0.15) is 10.5 Å². The van der Waals surface area contributed by atoms with E-state index in [9.17, 15) is 4.79 Å². The molecule has 1 atom stereocenters. The Morgan fingerprint density at radius 3 is 2.44 bits per heavy atom. The van der Waals surface area contributed by atoms with Crippen LogP contribution in [-0.4, -0.2) is 5.91 Å². The normalized spacial score (nSPS) is 19.4. The molecule has 0 bridgehead atoms. The molecule has 4 nitrogen and oxygen atoms in total. The van der Waals surface area contributed by atoms with Crippen LogP contribution in [0.1, 0.15) is 31.4 Å². The van der Waals surface area contributed by atoms with Gasteiger partial charge in [0.15, 0.2) is 0 Å². The van der Waals surface area contributed by atoms with Crippen LogP contribution in [0.2, 0.25) is 0 Å². The van der Waals surface area contributed by atoms with Crippen molar-refractivity contribution < 1.29 is 4.79 Å². The second-order valence-electron chi connectivity index (χ2n) is 5.22. The van der Waals surface area contributed by atoms with E-state index < -0.39 is 0 Å². The van der Waals surface area contributed by atoms with Crippen molar-refractivity contribution in [2.75, 3.05) is 5.32 Å². The maximum Gasteiger partial charge on any atom is 0.228 e. The van der Waals surface area contributed by atoms with Gasteiger partial charge in [-0.05, 0) is 30.0 Å². The summed E-state index contributed by atoms with van der Waals surface area (Å²) >= 11 is 0. The predicted octanol–water partition coefficient (Wildman–Crippen LogP) is 2.41. The molecule has 1 saturated carbocycles. The number of carbonyl (C=O) groups excluding carboxylic acids is 1. The van der Waals surface area contributed by atoms with Gasteiger partial charge in [0.2, 0.25) is 5.91 Å². The third-order valence-corrected chi connectivity index (χ3v) is 3.36. The molecular formula is C14H13N3O. The van der Waals surface area contributed by atoms with Crippen LogP contribution < -0.4 is 5.32 Å². The molecule has 0 aliphatic heterocycles. The lowest BCUT2D eigenvalue weighted by Gasteiger charge is -2.07. The molecule has 1 aliphatic rings. The zero-order valence-corrected chi connectivity index (χ0v) is 10.3. The fraction of sp³-hybridized carbons (Fsp3) is 0.357. The Morgan fingerprint density at radius 2 is 1.94 bits per heavy atom. The number of anilines is 1. The smallest absolute Gasteiger partial charge is 0.228 e. The first-order chi connectivity index (χ1) is 8.47. The third kappa shape index (κ3) is 2.19. The zero-order valence-electron chi connectivity index (χ0n) is 10.3. The van der Waals surface area contributed by atoms with E-state index in [0.717, 1.165) is 6.42 Å². The maximum absolute atomic E-state index is 11.9. The van der Waals surface area contributed by atoms with Gasteiger partial charge in [0, 0.05) is 11.6 Å². The van der Waals surface area contributed by atoms with Gasteiger partial charge >= 0.3 is 0 Å². The number of nitriles is 2.